The lowest BCUT2D eigenvalue weighted by molar-refractivity contribution is 0.129. The van der Waals surface area contributed by atoms with Crippen LogP contribution in [0.3, 0.4) is 0 Å². The van der Waals surface area contributed by atoms with Crippen LogP contribution in [-0.4, -0.2) is 47.3 Å². The van der Waals surface area contributed by atoms with Crippen LogP contribution in [0.4, 0.5) is 4.79 Å². The van der Waals surface area contributed by atoms with Crippen LogP contribution < -0.4 is 5.32 Å². The van der Waals surface area contributed by atoms with E-state index in [-0.39, 0.29) is 18.6 Å². The second-order valence-corrected chi connectivity index (χ2v) is 5.97. The fourth-order valence-electron chi connectivity index (χ4n) is 3.18. The average Bonchev–Trinajstić information content (AvgIpc) is 3.04. The van der Waals surface area contributed by atoms with Crippen LogP contribution in [0.2, 0.25) is 0 Å². The second-order valence-electron chi connectivity index (χ2n) is 5.97. The number of rotatable bonds is 4. The number of piperidine rings is 1. The van der Waals surface area contributed by atoms with Gasteiger partial charge in [-0.05, 0) is 42.9 Å². The molecule has 5 nitrogen and oxygen atoms in total. The number of benzene rings is 1. The average molecular weight is 301 g/mol. The predicted molar refractivity (Wildman–Crippen MR) is 86.8 cm³/mol. The number of aliphatic hydroxyl groups excluding tert-OH is 1. The lowest BCUT2D eigenvalue weighted by atomic mass is 9.99. The molecule has 1 saturated heterocycles. The van der Waals surface area contributed by atoms with Gasteiger partial charge in [0.05, 0.1) is 0 Å². The zero-order valence-electron chi connectivity index (χ0n) is 12.7. The summed E-state index contributed by atoms with van der Waals surface area (Å²) in [5.74, 6) is 0.230. The molecule has 2 amide bonds. The van der Waals surface area contributed by atoms with E-state index >= 15 is 0 Å². The van der Waals surface area contributed by atoms with Crippen molar-refractivity contribution in [3.8, 4) is 0 Å². The maximum Gasteiger partial charge on any atom is 0.317 e. The molecule has 1 atom stereocenters. The largest absolute Gasteiger partial charge is 0.396 e. The molecular weight excluding hydrogens is 278 g/mol. The number of likely N-dealkylation sites (tertiary alicyclic amines) is 1. The van der Waals surface area contributed by atoms with Gasteiger partial charge in [-0.1, -0.05) is 12.1 Å². The van der Waals surface area contributed by atoms with Crippen molar-refractivity contribution in [1.82, 2.24) is 15.2 Å². The van der Waals surface area contributed by atoms with Gasteiger partial charge < -0.3 is 20.3 Å². The maximum absolute atomic E-state index is 12.2. The van der Waals surface area contributed by atoms with E-state index in [0.29, 0.717) is 13.1 Å². The molecule has 118 valence electrons. The molecule has 0 bridgehead atoms. The molecule has 1 aliphatic rings. The number of hydrogen-bond acceptors (Lipinski definition) is 2. The first-order valence-corrected chi connectivity index (χ1v) is 7.96. The zero-order valence-corrected chi connectivity index (χ0v) is 12.7. The van der Waals surface area contributed by atoms with Gasteiger partial charge >= 0.3 is 6.03 Å². The third-order valence-corrected chi connectivity index (χ3v) is 4.42. The highest BCUT2D eigenvalue weighted by molar-refractivity contribution is 5.83. The minimum absolute atomic E-state index is 0.0145. The molecule has 22 heavy (non-hydrogen) atoms. The maximum atomic E-state index is 12.2. The van der Waals surface area contributed by atoms with Crippen molar-refractivity contribution in [2.24, 2.45) is 5.92 Å². The summed E-state index contributed by atoms with van der Waals surface area (Å²) in [6.45, 7) is 2.24. The predicted octanol–water partition coefficient (Wildman–Crippen LogP) is 2.12. The molecule has 1 fully saturated rings. The van der Waals surface area contributed by atoms with E-state index in [4.69, 9.17) is 0 Å². The molecule has 0 saturated carbocycles. The summed E-state index contributed by atoms with van der Waals surface area (Å²) in [5.41, 5.74) is 2.37. The van der Waals surface area contributed by atoms with Crippen LogP contribution in [0.15, 0.2) is 30.5 Å². The Bertz CT molecular complexity index is 638. The lowest BCUT2D eigenvalue weighted by Gasteiger charge is -2.31. The summed E-state index contributed by atoms with van der Waals surface area (Å²) < 4.78 is 0. The van der Waals surface area contributed by atoms with Gasteiger partial charge in [-0.25, -0.2) is 4.79 Å². The number of aliphatic hydroxyl groups is 1. The van der Waals surface area contributed by atoms with Crippen LogP contribution in [0.25, 0.3) is 10.9 Å². The number of amides is 2. The molecule has 2 heterocycles. The summed E-state index contributed by atoms with van der Waals surface area (Å²) in [6.07, 6.45) is 4.74. The van der Waals surface area contributed by atoms with Crippen molar-refractivity contribution < 1.29 is 9.90 Å². The Balaban J connectivity index is 1.52. The molecule has 0 aliphatic carbocycles. The number of fused-ring (bicyclic) bond motifs is 1. The highest BCUT2D eigenvalue weighted by Gasteiger charge is 2.22. The van der Waals surface area contributed by atoms with Crippen molar-refractivity contribution in [2.75, 3.05) is 26.2 Å². The van der Waals surface area contributed by atoms with Crippen molar-refractivity contribution in [3.63, 3.8) is 0 Å². The normalized spacial score (nSPS) is 18.6. The van der Waals surface area contributed by atoms with Gasteiger partial charge in [-0.2, -0.15) is 0 Å². The van der Waals surface area contributed by atoms with Gasteiger partial charge in [0.25, 0.3) is 0 Å². The first kappa shape index (κ1) is 14.9. The van der Waals surface area contributed by atoms with Gasteiger partial charge in [0.2, 0.25) is 0 Å². The Hall–Kier alpha value is -2.01. The Kier molecular flexibility index (Phi) is 4.63. The van der Waals surface area contributed by atoms with Crippen LogP contribution in [0, 0.1) is 5.92 Å². The van der Waals surface area contributed by atoms with E-state index in [1.165, 1.54) is 10.9 Å². The molecule has 1 aromatic heterocycles. The Morgan fingerprint density at radius 2 is 2.32 bits per heavy atom. The number of nitrogens with one attached hydrogen (secondary N) is 2. The minimum Gasteiger partial charge on any atom is -0.396 e. The summed E-state index contributed by atoms with van der Waals surface area (Å²) in [5, 5.41) is 13.4. The SMILES string of the molecule is O=C(NCCc1cccc2[nH]ccc12)N1CCCC(CO)C1. The van der Waals surface area contributed by atoms with Crippen LogP contribution in [-0.2, 0) is 6.42 Å². The number of hydrogen-bond donors (Lipinski definition) is 3. The van der Waals surface area contributed by atoms with E-state index in [2.05, 4.69) is 28.5 Å². The second kappa shape index (κ2) is 6.83. The quantitative estimate of drug-likeness (QED) is 0.809. The number of aromatic amines is 1. The molecule has 5 heteroatoms. The lowest BCUT2D eigenvalue weighted by Crippen LogP contribution is -2.46. The van der Waals surface area contributed by atoms with Gasteiger partial charge in [-0.3, -0.25) is 0 Å². The van der Waals surface area contributed by atoms with Crippen molar-refractivity contribution in [2.45, 2.75) is 19.3 Å². The standard InChI is InChI=1S/C17H23N3O2/c21-12-13-3-2-10-20(11-13)17(22)19-8-6-14-4-1-5-16-15(14)7-9-18-16/h1,4-5,7,9,13,18,21H,2-3,6,8,10-12H2,(H,19,22). The highest BCUT2D eigenvalue weighted by atomic mass is 16.3. The molecule has 0 radical (unpaired) electrons. The number of carbonyl (C=O) groups excluding carboxylic acids is 1. The third kappa shape index (κ3) is 3.25. The van der Waals surface area contributed by atoms with Crippen molar-refractivity contribution in [1.29, 1.82) is 0 Å². The van der Waals surface area contributed by atoms with E-state index < -0.39 is 0 Å². The van der Waals surface area contributed by atoms with E-state index in [9.17, 15) is 9.90 Å². The number of nitrogens with zero attached hydrogens (tertiary/aromatic N) is 1. The van der Waals surface area contributed by atoms with Crippen LogP contribution in [0.5, 0.6) is 0 Å². The fraction of sp³-hybridized carbons (Fsp3) is 0.471. The third-order valence-electron chi connectivity index (χ3n) is 4.42. The van der Waals surface area contributed by atoms with Gasteiger partial charge in [0.1, 0.15) is 0 Å². The van der Waals surface area contributed by atoms with Gasteiger partial charge in [-0.15, -0.1) is 0 Å². The van der Waals surface area contributed by atoms with Crippen LogP contribution in [0.1, 0.15) is 18.4 Å². The molecule has 0 spiro atoms. The smallest absolute Gasteiger partial charge is 0.317 e. The number of H-pyrrole nitrogens is 1. The Morgan fingerprint density at radius 1 is 1.41 bits per heavy atom. The summed E-state index contributed by atoms with van der Waals surface area (Å²) in [7, 11) is 0. The number of carbonyl (C=O) groups is 1. The first-order valence-electron chi connectivity index (χ1n) is 7.96. The summed E-state index contributed by atoms with van der Waals surface area (Å²) in [4.78, 5) is 17.2. The van der Waals surface area contributed by atoms with Crippen molar-refractivity contribution >= 4 is 16.9 Å². The van der Waals surface area contributed by atoms with E-state index in [1.54, 1.807) is 0 Å². The number of urea groups is 1. The van der Waals surface area contributed by atoms with E-state index in [0.717, 1.165) is 31.3 Å². The molecule has 3 rings (SSSR count). The summed E-state index contributed by atoms with van der Waals surface area (Å²) >= 11 is 0. The molecule has 1 aliphatic heterocycles. The van der Waals surface area contributed by atoms with Crippen LogP contribution >= 0.6 is 0 Å². The molecular formula is C17H23N3O2. The van der Waals surface area contributed by atoms with Gasteiger partial charge in [0.15, 0.2) is 0 Å². The molecule has 1 unspecified atom stereocenters. The van der Waals surface area contributed by atoms with Gasteiger partial charge in [0, 0.05) is 43.3 Å². The molecule has 1 aromatic carbocycles. The Morgan fingerprint density at radius 3 is 3.18 bits per heavy atom. The van der Waals surface area contributed by atoms with Crippen molar-refractivity contribution in [3.05, 3.63) is 36.0 Å². The fourth-order valence-corrected chi connectivity index (χ4v) is 3.18. The topological polar surface area (TPSA) is 68.4 Å². The minimum atomic E-state index is -0.0145. The highest BCUT2D eigenvalue weighted by Crippen LogP contribution is 2.18. The monoisotopic (exact) mass is 301 g/mol. The molecule has 2 aromatic rings. The Labute approximate surface area is 130 Å². The zero-order chi connectivity index (χ0) is 15.4. The summed E-state index contributed by atoms with van der Waals surface area (Å²) in [6, 6.07) is 8.25. The molecule has 3 N–H and O–H groups in total. The first-order chi connectivity index (χ1) is 10.8. The van der Waals surface area contributed by atoms with E-state index in [1.807, 2.05) is 17.2 Å². The number of aromatic nitrogens is 1.